The van der Waals surface area contributed by atoms with Crippen molar-refractivity contribution in [2.45, 2.75) is 38.0 Å². The smallest absolute Gasteiger partial charge is 0.225 e. The number of hydrogen-bond donors (Lipinski definition) is 2. The maximum absolute atomic E-state index is 12.2. The van der Waals surface area contributed by atoms with Crippen LogP contribution in [0.1, 0.15) is 46.3 Å². The summed E-state index contributed by atoms with van der Waals surface area (Å²) in [5.41, 5.74) is 4.25. The lowest BCUT2D eigenvalue weighted by Crippen LogP contribution is -2.23. The van der Waals surface area contributed by atoms with Gasteiger partial charge in [0.15, 0.2) is 0 Å². The molecule has 5 rings (SSSR count). The van der Waals surface area contributed by atoms with E-state index in [-0.39, 0.29) is 11.8 Å². The number of fused-ring (bicyclic) bond motifs is 3. The Labute approximate surface area is 137 Å². The van der Waals surface area contributed by atoms with Gasteiger partial charge in [-0.05, 0) is 43.4 Å². The molecule has 0 spiro atoms. The van der Waals surface area contributed by atoms with Crippen LogP contribution in [0.4, 0.5) is 5.69 Å². The molecule has 1 atom stereocenters. The van der Waals surface area contributed by atoms with Crippen molar-refractivity contribution in [3.63, 3.8) is 0 Å². The van der Waals surface area contributed by atoms with Crippen molar-refractivity contribution < 1.29 is 4.79 Å². The van der Waals surface area contributed by atoms with Crippen LogP contribution in [0.15, 0.2) is 18.3 Å². The van der Waals surface area contributed by atoms with Crippen LogP contribution in [0.5, 0.6) is 0 Å². The van der Waals surface area contributed by atoms with E-state index in [1.165, 1.54) is 23.4 Å². The third kappa shape index (κ3) is 2.09. The summed E-state index contributed by atoms with van der Waals surface area (Å²) in [5.74, 6) is 0.128. The van der Waals surface area contributed by atoms with Crippen molar-refractivity contribution in [1.29, 1.82) is 0 Å². The molecular formula is C17H16N4OS. The van der Waals surface area contributed by atoms with Gasteiger partial charge in [-0.2, -0.15) is 5.10 Å². The van der Waals surface area contributed by atoms with Gasteiger partial charge in [0.1, 0.15) is 5.01 Å². The van der Waals surface area contributed by atoms with Crippen LogP contribution in [-0.4, -0.2) is 21.1 Å². The second-order valence-corrected chi connectivity index (χ2v) is 7.45. The van der Waals surface area contributed by atoms with Crippen molar-refractivity contribution in [3.8, 4) is 0 Å². The summed E-state index contributed by atoms with van der Waals surface area (Å²) in [6.45, 7) is 0. The van der Waals surface area contributed by atoms with E-state index in [0.717, 1.165) is 40.0 Å². The summed E-state index contributed by atoms with van der Waals surface area (Å²) in [4.78, 5) is 18.5. The summed E-state index contributed by atoms with van der Waals surface area (Å²) < 4.78 is 0. The van der Waals surface area contributed by atoms with E-state index < -0.39 is 0 Å². The highest BCUT2D eigenvalue weighted by Gasteiger charge is 2.30. The van der Waals surface area contributed by atoms with Crippen LogP contribution < -0.4 is 5.32 Å². The number of aryl methyl sites for hydroxylation is 2. The van der Waals surface area contributed by atoms with Gasteiger partial charge in [-0.1, -0.05) is 0 Å². The van der Waals surface area contributed by atoms with Gasteiger partial charge in [0, 0.05) is 28.3 Å². The number of nitrogens with one attached hydrogen (secondary N) is 2. The monoisotopic (exact) mass is 324 g/mol. The molecule has 3 heterocycles. The van der Waals surface area contributed by atoms with Crippen LogP contribution >= 0.6 is 11.3 Å². The lowest BCUT2D eigenvalue weighted by Gasteiger charge is -2.24. The van der Waals surface area contributed by atoms with E-state index in [4.69, 9.17) is 4.98 Å². The fourth-order valence-electron chi connectivity index (χ4n) is 3.64. The Kier molecular flexibility index (Phi) is 2.82. The molecule has 23 heavy (non-hydrogen) atoms. The Morgan fingerprint density at radius 2 is 2.13 bits per heavy atom. The maximum atomic E-state index is 12.2. The maximum Gasteiger partial charge on any atom is 0.225 e. The van der Waals surface area contributed by atoms with Crippen LogP contribution in [0, 0.1) is 0 Å². The second-order valence-electron chi connectivity index (χ2n) is 6.33. The minimum atomic E-state index is 0.0636. The Hall–Kier alpha value is -2.21. The number of benzene rings is 1. The molecule has 2 N–H and O–H groups in total. The zero-order valence-electron chi connectivity index (χ0n) is 12.6. The SMILES string of the molecule is O=C1CC(c2nc3c(s2)CCCC3)c2cc3cn[nH]c3cc2N1. The van der Waals surface area contributed by atoms with E-state index in [0.29, 0.717) is 6.42 Å². The van der Waals surface area contributed by atoms with Gasteiger partial charge in [0.2, 0.25) is 5.91 Å². The Balaban J connectivity index is 1.65. The van der Waals surface area contributed by atoms with Gasteiger partial charge in [-0.3, -0.25) is 9.89 Å². The number of amides is 1. The van der Waals surface area contributed by atoms with Crippen molar-refractivity contribution in [2.24, 2.45) is 0 Å². The van der Waals surface area contributed by atoms with Gasteiger partial charge in [-0.25, -0.2) is 4.98 Å². The first kappa shape index (κ1) is 13.2. The lowest BCUT2D eigenvalue weighted by atomic mass is 9.90. The van der Waals surface area contributed by atoms with Gasteiger partial charge in [-0.15, -0.1) is 11.3 Å². The molecule has 2 aliphatic rings. The number of hydrogen-bond acceptors (Lipinski definition) is 4. The van der Waals surface area contributed by atoms with Gasteiger partial charge >= 0.3 is 0 Å². The third-order valence-corrected chi connectivity index (χ3v) is 6.08. The van der Waals surface area contributed by atoms with Crippen LogP contribution in [-0.2, 0) is 17.6 Å². The molecule has 0 saturated carbocycles. The van der Waals surface area contributed by atoms with Crippen LogP contribution in [0.3, 0.4) is 0 Å². The minimum absolute atomic E-state index is 0.0636. The number of thiazole rings is 1. The first-order valence-electron chi connectivity index (χ1n) is 8.03. The molecule has 116 valence electrons. The molecule has 1 aliphatic carbocycles. The third-order valence-electron chi connectivity index (χ3n) is 4.81. The van der Waals surface area contributed by atoms with Crippen molar-refractivity contribution >= 4 is 33.8 Å². The Bertz CT molecular complexity index is 902. The predicted molar refractivity (Wildman–Crippen MR) is 89.9 cm³/mol. The normalized spacial score (nSPS) is 20.2. The molecule has 0 radical (unpaired) electrons. The first-order chi connectivity index (χ1) is 11.3. The topological polar surface area (TPSA) is 70.7 Å². The molecule has 1 aliphatic heterocycles. The highest BCUT2D eigenvalue weighted by Crippen LogP contribution is 2.41. The summed E-state index contributed by atoms with van der Waals surface area (Å²) in [7, 11) is 0. The standard InChI is InChI=1S/C17H16N4OS/c22-16-6-11(17-20-12-3-1-2-4-15(12)23-17)10-5-9-8-18-21-13(9)7-14(10)19-16/h5,7-8,11H,1-4,6H2,(H,18,21)(H,19,22). The van der Waals surface area contributed by atoms with Crippen molar-refractivity contribution in [1.82, 2.24) is 15.2 Å². The first-order valence-corrected chi connectivity index (χ1v) is 8.85. The summed E-state index contributed by atoms with van der Waals surface area (Å²) in [6.07, 6.45) is 7.01. The molecule has 6 heteroatoms. The summed E-state index contributed by atoms with van der Waals surface area (Å²) >= 11 is 1.80. The number of aromatic nitrogens is 3. The molecule has 0 bridgehead atoms. The predicted octanol–water partition coefficient (Wildman–Crippen LogP) is 3.37. The van der Waals surface area contributed by atoms with Crippen molar-refractivity contribution in [2.75, 3.05) is 5.32 Å². The molecule has 1 amide bonds. The number of carbonyl (C=O) groups is 1. The fraction of sp³-hybridized carbons (Fsp3) is 0.353. The Morgan fingerprint density at radius 1 is 1.22 bits per heavy atom. The molecule has 0 saturated heterocycles. The zero-order chi connectivity index (χ0) is 15.4. The number of aromatic amines is 1. The number of rotatable bonds is 1. The van der Waals surface area contributed by atoms with Crippen LogP contribution in [0.2, 0.25) is 0 Å². The molecule has 1 unspecified atom stereocenters. The molecular weight excluding hydrogens is 308 g/mol. The zero-order valence-corrected chi connectivity index (χ0v) is 13.4. The van der Waals surface area contributed by atoms with Crippen molar-refractivity contribution in [3.05, 3.63) is 39.5 Å². The summed E-state index contributed by atoms with van der Waals surface area (Å²) in [6, 6.07) is 4.12. The quantitative estimate of drug-likeness (QED) is 0.721. The number of nitrogens with zero attached hydrogens (tertiary/aromatic N) is 2. The molecule has 2 aromatic heterocycles. The molecule has 5 nitrogen and oxygen atoms in total. The Morgan fingerprint density at radius 3 is 3.04 bits per heavy atom. The second kappa shape index (κ2) is 4.89. The van der Waals surface area contributed by atoms with E-state index in [2.05, 4.69) is 21.6 Å². The minimum Gasteiger partial charge on any atom is -0.326 e. The molecule has 3 aromatic rings. The van der Waals surface area contributed by atoms with E-state index >= 15 is 0 Å². The fourth-order valence-corrected chi connectivity index (χ4v) is 4.92. The molecule has 0 fully saturated rings. The van der Waals surface area contributed by atoms with Gasteiger partial charge in [0.05, 0.1) is 17.4 Å². The highest BCUT2D eigenvalue weighted by molar-refractivity contribution is 7.11. The van der Waals surface area contributed by atoms with E-state index in [9.17, 15) is 4.79 Å². The molecule has 1 aromatic carbocycles. The number of anilines is 1. The number of H-pyrrole nitrogens is 1. The lowest BCUT2D eigenvalue weighted by molar-refractivity contribution is -0.116. The van der Waals surface area contributed by atoms with Crippen LogP contribution in [0.25, 0.3) is 10.9 Å². The summed E-state index contributed by atoms with van der Waals surface area (Å²) in [5, 5.41) is 12.2. The highest BCUT2D eigenvalue weighted by atomic mass is 32.1. The van der Waals surface area contributed by atoms with Gasteiger partial charge < -0.3 is 5.32 Å². The van der Waals surface area contributed by atoms with Gasteiger partial charge in [0.25, 0.3) is 0 Å². The van der Waals surface area contributed by atoms with E-state index in [1.807, 2.05) is 12.3 Å². The number of carbonyl (C=O) groups excluding carboxylic acids is 1. The van der Waals surface area contributed by atoms with E-state index in [1.54, 1.807) is 11.3 Å². The largest absolute Gasteiger partial charge is 0.326 e. The average Bonchev–Trinajstić information content (AvgIpc) is 3.17. The average molecular weight is 324 g/mol.